The topological polar surface area (TPSA) is 20.2 Å². The van der Waals surface area contributed by atoms with E-state index in [-0.39, 0.29) is 0 Å². The molecule has 0 fully saturated rings. The van der Waals surface area contributed by atoms with E-state index in [9.17, 15) is 0 Å². The molecule has 2 atom stereocenters. The van der Waals surface area contributed by atoms with Gasteiger partial charge in [0.25, 0.3) is 0 Å². The Morgan fingerprint density at radius 1 is 1.36 bits per heavy atom. The minimum atomic E-state index is 0.296. The maximum absolute atomic E-state index is 8.53. The molecule has 0 amide bonds. The average molecular weight is 179 g/mol. The summed E-state index contributed by atoms with van der Waals surface area (Å²) in [6, 6.07) is 0. The monoisotopic (exact) mass is 178 g/mol. The third-order valence-corrected chi connectivity index (χ3v) is 2.80. The van der Waals surface area contributed by atoms with E-state index in [0.29, 0.717) is 17.9 Å². The molecule has 0 aromatic carbocycles. The highest BCUT2D eigenvalue weighted by atomic mass is 35.5. The molecule has 0 spiro atoms. The predicted octanol–water partition coefficient (Wildman–Crippen LogP) is 2.80. The van der Waals surface area contributed by atoms with Gasteiger partial charge in [-0.1, -0.05) is 20.3 Å². The lowest BCUT2D eigenvalue weighted by Crippen LogP contribution is -2.10. The first kappa shape index (κ1) is 11.2. The molecule has 0 rings (SSSR count). The van der Waals surface area contributed by atoms with Gasteiger partial charge in [0, 0.05) is 12.0 Å². The SMILES string of the molecule is CC[C@H](C)[C@@H](Cl)CCCCO. The average Bonchev–Trinajstić information content (AvgIpc) is 2.03. The highest BCUT2D eigenvalue weighted by Crippen LogP contribution is 2.19. The van der Waals surface area contributed by atoms with E-state index in [2.05, 4.69) is 13.8 Å². The van der Waals surface area contributed by atoms with Crippen molar-refractivity contribution in [2.24, 2.45) is 5.92 Å². The van der Waals surface area contributed by atoms with E-state index >= 15 is 0 Å². The quantitative estimate of drug-likeness (QED) is 0.490. The lowest BCUT2D eigenvalue weighted by atomic mass is 10.0. The first-order chi connectivity index (χ1) is 5.22. The zero-order chi connectivity index (χ0) is 8.69. The van der Waals surface area contributed by atoms with Crippen LogP contribution in [0.5, 0.6) is 0 Å². The summed E-state index contributed by atoms with van der Waals surface area (Å²) in [4.78, 5) is 0. The van der Waals surface area contributed by atoms with Crippen LogP contribution in [0.4, 0.5) is 0 Å². The van der Waals surface area contributed by atoms with E-state index in [1.807, 2.05) is 0 Å². The van der Waals surface area contributed by atoms with Gasteiger partial charge < -0.3 is 5.11 Å². The zero-order valence-electron chi connectivity index (χ0n) is 7.52. The highest BCUT2D eigenvalue weighted by molar-refractivity contribution is 6.20. The summed E-state index contributed by atoms with van der Waals surface area (Å²) in [5.41, 5.74) is 0. The van der Waals surface area contributed by atoms with Crippen LogP contribution in [0.3, 0.4) is 0 Å². The minimum absolute atomic E-state index is 0.296. The predicted molar refractivity (Wildman–Crippen MR) is 50.0 cm³/mol. The van der Waals surface area contributed by atoms with Gasteiger partial charge in [-0.2, -0.15) is 0 Å². The fraction of sp³-hybridized carbons (Fsp3) is 1.00. The minimum Gasteiger partial charge on any atom is -0.396 e. The summed E-state index contributed by atoms with van der Waals surface area (Å²) in [5, 5.41) is 8.83. The normalized spacial score (nSPS) is 16.4. The highest BCUT2D eigenvalue weighted by Gasteiger charge is 2.10. The third-order valence-electron chi connectivity index (χ3n) is 2.15. The summed E-state index contributed by atoms with van der Waals surface area (Å²) < 4.78 is 0. The van der Waals surface area contributed by atoms with E-state index in [0.717, 1.165) is 25.7 Å². The molecule has 1 N–H and O–H groups in total. The maximum atomic E-state index is 8.53. The molecule has 0 aromatic rings. The molecule has 68 valence electrons. The van der Waals surface area contributed by atoms with Gasteiger partial charge in [0.05, 0.1) is 0 Å². The summed E-state index contributed by atoms with van der Waals surface area (Å²) in [5.74, 6) is 0.607. The Labute approximate surface area is 74.8 Å². The van der Waals surface area contributed by atoms with Crippen LogP contribution in [-0.2, 0) is 0 Å². The Kier molecular flexibility index (Phi) is 7.09. The molecule has 0 aliphatic carbocycles. The second kappa shape index (κ2) is 6.93. The van der Waals surface area contributed by atoms with Crippen molar-refractivity contribution in [1.29, 1.82) is 0 Å². The third kappa shape index (κ3) is 5.51. The van der Waals surface area contributed by atoms with Crippen molar-refractivity contribution >= 4 is 11.6 Å². The molecule has 0 aliphatic rings. The fourth-order valence-corrected chi connectivity index (χ4v) is 1.32. The van der Waals surface area contributed by atoms with Crippen LogP contribution in [0.2, 0.25) is 0 Å². The van der Waals surface area contributed by atoms with Crippen LogP contribution in [0.25, 0.3) is 0 Å². The summed E-state index contributed by atoms with van der Waals surface area (Å²) >= 11 is 6.09. The van der Waals surface area contributed by atoms with Crippen LogP contribution >= 0.6 is 11.6 Å². The molecule has 11 heavy (non-hydrogen) atoms. The molecular weight excluding hydrogens is 160 g/mol. The van der Waals surface area contributed by atoms with Crippen molar-refractivity contribution < 1.29 is 5.11 Å². The summed E-state index contributed by atoms with van der Waals surface area (Å²) in [6.07, 6.45) is 4.12. The Morgan fingerprint density at radius 3 is 2.45 bits per heavy atom. The molecule has 0 unspecified atom stereocenters. The van der Waals surface area contributed by atoms with Gasteiger partial charge in [0.2, 0.25) is 0 Å². The van der Waals surface area contributed by atoms with Crippen LogP contribution in [-0.4, -0.2) is 17.1 Å². The summed E-state index contributed by atoms with van der Waals surface area (Å²) in [6.45, 7) is 4.63. The Morgan fingerprint density at radius 2 is 2.00 bits per heavy atom. The second-order valence-corrected chi connectivity index (χ2v) is 3.68. The van der Waals surface area contributed by atoms with Gasteiger partial charge in [0.15, 0.2) is 0 Å². The standard InChI is InChI=1S/C9H19ClO/c1-3-8(2)9(10)6-4-5-7-11/h8-9,11H,3-7H2,1-2H3/t8-,9-/m0/s1. The number of halogens is 1. The molecule has 0 heterocycles. The molecule has 0 saturated heterocycles. The van der Waals surface area contributed by atoms with Crippen molar-refractivity contribution in [3.8, 4) is 0 Å². The summed E-state index contributed by atoms with van der Waals surface area (Å²) in [7, 11) is 0. The lowest BCUT2D eigenvalue weighted by molar-refractivity contribution is 0.281. The van der Waals surface area contributed by atoms with Gasteiger partial charge in [-0.05, 0) is 25.2 Å². The van der Waals surface area contributed by atoms with Gasteiger partial charge in [0.1, 0.15) is 0 Å². The fourth-order valence-electron chi connectivity index (χ4n) is 0.991. The zero-order valence-corrected chi connectivity index (χ0v) is 8.27. The molecular formula is C9H19ClO. The van der Waals surface area contributed by atoms with Gasteiger partial charge in [-0.15, -0.1) is 11.6 Å². The molecule has 0 aromatic heterocycles. The number of hydrogen-bond donors (Lipinski definition) is 1. The van der Waals surface area contributed by atoms with Crippen molar-refractivity contribution in [1.82, 2.24) is 0 Å². The van der Waals surface area contributed by atoms with Crippen LogP contribution < -0.4 is 0 Å². The van der Waals surface area contributed by atoms with E-state index in [1.54, 1.807) is 0 Å². The molecule has 0 saturated carbocycles. The van der Waals surface area contributed by atoms with E-state index in [1.165, 1.54) is 0 Å². The van der Waals surface area contributed by atoms with Gasteiger partial charge >= 0.3 is 0 Å². The Balaban J connectivity index is 3.28. The Bertz CT molecular complexity index is 85.6. The first-order valence-corrected chi connectivity index (χ1v) is 4.91. The van der Waals surface area contributed by atoms with Crippen molar-refractivity contribution in [3.05, 3.63) is 0 Å². The number of aliphatic hydroxyl groups excluding tert-OH is 1. The lowest BCUT2D eigenvalue weighted by Gasteiger charge is -2.15. The van der Waals surface area contributed by atoms with Crippen molar-refractivity contribution in [3.63, 3.8) is 0 Å². The maximum Gasteiger partial charge on any atom is 0.0431 e. The number of alkyl halides is 1. The molecule has 2 heteroatoms. The first-order valence-electron chi connectivity index (χ1n) is 4.47. The van der Waals surface area contributed by atoms with Crippen molar-refractivity contribution in [2.75, 3.05) is 6.61 Å². The number of hydrogen-bond acceptors (Lipinski definition) is 1. The Hall–Kier alpha value is 0.250. The largest absolute Gasteiger partial charge is 0.396 e. The van der Waals surface area contributed by atoms with Gasteiger partial charge in [-0.3, -0.25) is 0 Å². The second-order valence-electron chi connectivity index (χ2n) is 3.12. The molecule has 0 bridgehead atoms. The molecule has 1 nitrogen and oxygen atoms in total. The van der Waals surface area contributed by atoms with Crippen LogP contribution in [0.15, 0.2) is 0 Å². The van der Waals surface area contributed by atoms with E-state index < -0.39 is 0 Å². The van der Waals surface area contributed by atoms with Crippen molar-refractivity contribution in [2.45, 2.75) is 44.9 Å². The van der Waals surface area contributed by atoms with E-state index in [4.69, 9.17) is 16.7 Å². The van der Waals surface area contributed by atoms with Crippen LogP contribution in [0.1, 0.15) is 39.5 Å². The van der Waals surface area contributed by atoms with Gasteiger partial charge in [-0.25, -0.2) is 0 Å². The number of unbranched alkanes of at least 4 members (excludes halogenated alkanes) is 1. The smallest absolute Gasteiger partial charge is 0.0431 e. The number of aliphatic hydroxyl groups is 1. The number of rotatable bonds is 6. The molecule has 0 radical (unpaired) electrons. The molecule has 0 aliphatic heterocycles. The van der Waals surface area contributed by atoms with Crippen LogP contribution in [0, 0.1) is 5.92 Å².